The third kappa shape index (κ3) is 3.13. The number of piperidine rings is 1. The van der Waals surface area contributed by atoms with Gasteiger partial charge in [0.15, 0.2) is 0 Å². The van der Waals surface area contributed by atoms with E-state index in [2.05, 4.69) is 11.4 Å². The molecule has 1 N–H and O–H groups in total. The van der Waals surface area contributed by atoms with Crippen LogP contribution in [0.5, 0.6) is 0 Å². The Kier molecular flexibility index (Phi) is 4.05. The molecule has 0 spiro atoms. The lowest BCUT2D eigenvalue weighted by molar-refractivity contribution is 0.352. The Labute approximate surface area is 88.0 Å². The van der Waals surface area contributed by atoms with E-state index in [1.54, 1.807) is 5.57 Å². The first-order valence-electron chi connectivity index (χ1n) is 6.34. The Balaban J connectivity index is 1.67. The zero-order valence-corrected chi connectivity index (χ0v) is 9.23. The molecule has 0 aromatic heterocycles. The molecule has 0 atom stereocenters. The molecule has 80 valence electrons. The molecule has 1 nitrogen and oxygen atoms in total. The quantitative estimate of drug-likeness (QED) is 0.678. The van der Waals surface area contributed by atoms with Crippen molar-refractivity contribution in [1.82, 2.24) is 5.32 Å². The summed E-state index contributed by atoms with van der Waals surface area (Å²) in [5, 5.41) is 3.44. The van der Waals surface area contributed by atoms with Crippen molar-refractivity contribution >= 4 is 0 Å². The van der Waals surface area contributed by atoms with Crippen LogP contribution in [0.4, 0.5) is 0 Å². The molecule has 0 bridgehead atoms. The van der Waals surface area contributed by atoms with Gasteiger partial charge in [0.25, 0.3) is 0 Å². The van der Waals surface area contributed by atoms with Crippen molar-refractivity contribution in [1.29, 1.82) is 0 Å². The highest BCUT2D eigenvalue weighted by Gasteiger charge is 2.13. The summed E-state index contributed by atoms with van der Waals surface area (Å²) in [6.45, 7) is 2.51. The first-order valence-corrected chi connectivity index (χ1v) is 6.34. The van der Waals surface area contributed by atoms with E-state index in [9.17, 15) is 0 Å². The van der Waals surface area contributed by atoms with Crippen LogP contribution in [-0.2, 0) is 0 Å². The van der Waals surface area contributed by atoms with Gasteiger partial charge in [-0.05, 0) is 70.4 Å². The lowest BCUT2D eigenvalue weighted by Crippen LogP contribution is -2.27. The molecular formula is C13H23N. The Morgan fingerprint density at radius 3 is 2.79 bits per heavy atom. The summed E-state index contributed by atoms with van der Waals surface area (Å²) in [6, 6.07) is 0. The first kappa shape index (κ1) is 10.2. The van der Waals surface area contributed by atoms with Crippen LogP contribution in [0.1, 0.15) is 51.4 Å². The van der Waals surface area contributed by atoms with Crippen LogP contribution in [0.3, 0.4) is 0 Å². The van der Waals surface area contributed by atoms with Gasteiger partial charge in [-0.2, -0.15) is 0 Å². The van der Waals surface area contributed by atoms with Crippen molar-refractivity contribution in [2.24, 2.45) is 5.92 Å². The van der Waals surface area contributed by atoms with Gasteiger partial charge in [0.05, 0.1) is 0 Å². The Morgan fingerprint density at radius 2 is 2.07 bits per heavy atom. The smallest absolute Gasteiger partial charge is 0.00463 e. The van der Waals surface area contributed by atoms with Gasteiger partial charge in [0, 0.05) is 0 Å². The van der Waals surface area contributed by atoms with Gasteiger partial charge in [0.1, 0.15) is 0 Å². The van der Waals surface area contributed by atoms with Crippen LogP contribution in [-0.4, -0.2) is 13.1 Å². The summed E-state index contributed by atoms with van der Waals surface area (Å²) in [5.74, 6) is 1.01. The summed E-state index contributed by atoms with van der Waals surface area (Å²) in [4.78, 5) is 0. The van der Waals surface area contributed by atoms with Crippen molar-refractivity contribution in [2.75, 3.05) is 13.1 Å². The number of hydrogen-bond acceptors (Lipinski definition) is 1. The Morgan fingerprint density at radius 1 is 1.21 bits per heavy atom. The van der Waals surface area contributed by atoms with E-state index in [1.165, 1.54) is 64.5 Å². The number of nitrogens with one attached hydrogen (secondary N) is 1. The molecule has 1 heterocycles. The van der Waals surface area contributed by atoms with Crippen molar-refractivity contribution in [3.05, 3.63) is 11.6 Å². The SMILES string of the molecule is C1=C(CCC2CCNCC2)CCCC1. The van der Waals surface area contributed by atoms with Gasteiger partial charge < -0.3 is 5.32 Å². The fraction of sp³-hybridized carbons (Fsp3) is 0.846. The largest absolute Gasteiger partial charge is 0.317 e. The molecule has 0 aromatic rings. The third-order valence-corrected chi connectivity index (χ3v) is 3.72. The molecular weight excluding hydrogens is 170 g/mol. The molecule has 0 unspecified atom stereocenters. The average molecular weight is 193 g/mol. The minimum absolute atomic E-state index is 1.01. The number of allylic oxidation sites excluding steroid dienone is 2. The fourth-order valence-electron chi connectivity index (χ4n) is 2.69. The van der Waals surface area contributed by atoms with Crippen LogP contribution in [0, 0.1) is 5.92 Å². The van der Waals surface area contributed by atoms with Crippen LogP contribution in [0.2, 0.25) is 0 Å². The normalized spacial score (nSPS) is 24.7. The predicted molar refractivity (Wildman–Crippen MR) is 61.4 cm³/mol. The van der Waals surface area contributed by atoms with E-state index in [-0.39, 0.29) is 0 Å². The average Bonchev–Trinajstić information content (AvgIpc) is 2.29. The maximum absolute atomic E-state index is 3.44. The third-order valence-electron chi connectivity index (χ3n) is 3.72. The van der Waals surface area contributed by atoms with Crippen molar-refractivity contribution in [3.63, 3.8) is 0 Å². The van der Waals surface area contributed by atoms with Crippen LogP contribution < -0.4 is 5.32 Å². The molecule has 2 rings (SSSR count). The maximum atomic E-state index is 3.44. The van der Waals surface area contributed by atoms with Gasteiger partial charge in [-0.1, -0.05) is 11.6 Å². The van der Waals surface area contributed by atoms with E-state index in [1.807, 2.05) is 0 Å². The van der Waals surface area contributed by atoms with E-state index in [0.717, 1.165) is 5.92 Å². The number of rotatable bonds is 3. The first-order chi connectivity index (χ1) is 6.95. The molecule has 1 aliphatic carbocycles. The van der Waals surface area contributed by atoms with Gasteiger partial charge in [-0.25, -0.2) is 0 Å². The summed E-state index contributed by atoms with van der Waals surface area (Å²) >= 11 is 0. The fourth-order valence-corrected chi connectivity index (χ4v) is 2.69. The predicted octanol–water partition coefficient (Wildman–Crippen LogP) is 3.27. The second-order valence-electron chi connectivity index (χ2n) is 4.84. The second-order valence-corrected chi connectivity index (χ2v) is 4.84. The Bertz CT molecular complexity index is 189. The van der Waals surface area contributed by atoms with E-state index >= 15 is 0 Å². The summed E-state index contributed by atoms with van der Waals surface area (Å²) < 4.78 is 0. The van der Waals surface area contributed by atoms with E-state index in [4.69, 9.17) is 0 Å². The highest BCUT2D eigenvalue weighted by molar-refractivity contribution is 5.04. The molecule has 1 aliphatic heterocycles. The minimum Gasteiger partial charge on any atom is -0.317 e. The van der Waals surface area contributed by atoms with Crippen molar-refractivity contribution in [3.8, 4) is 0 Å². The lowest BCUT2D eigenvalue weighted by atomic mass is 9.88. The maximum Gasteiger partial charge on any atom is -0.00463 e. The monoisotopic (exact) mass is 193 g/mol. The van der Waals surface area contributed by atoms with E-state index < -0.39 is 0 Å². The summed E-state index contributed by atoms with van der Waals surface area (Å²) in [5.41, 5.74) is 1.76. The molecule has 0 saturated carbocycles. The second kappa shape index (κ2) is 5.55. The minimum atomic E-state index is 1.01. The van der Waals surface area contributed by atoms with Gasteiger partial charge in [-0.15, -0.1) is 0 Å². The number of hydrogen-bond donors (Lipinski definition) is 1. The van der Waals surface area contributed by atoms with Gasteiger partial charge >= 0.3 is 0 Å². The van der Waals surface area contributed by atoms with Gasteiger partial charge in [-0.3, -0.25) is 0 Å². The molecule has 1 heteroatoms. The zero-order chi connectivity index (χ0) is 9.64. The molecule has 1 fully saturated rings. The van der Waals surface area contributed by atoms with Crippen LogP contribution in [0.15, 0.2) is 11.6 Å². The van der Waals surface area contributed by atoms with Crippen molar-refractivity contribution in [2.45, 2.75) is 51.4 Å². The molecule has 0 amide bonds. The Hall–Kier alpha value is -0.300. The van der Waals surface area contributed by atoms with Crippen LogP contribution in [0.25, 0.3) is 0 Å². The molecule has 0 radical (unpaired) electrons. The topological polar surface area (TPSA) is 12.0 Å². The van der Waals surface area contributed by atoms with Crippen molar-refractivity contribution < 1.29 is 0 Å². The summed E-state index contributed by atoms with van der Waals surface area (Å²) in [7, 11) is 0. The highest BCUT2D eigenvalue weighted by atomic mass is 14.9. The standard InChI is InChI=1S/C13H23N/c1-2-4-12(5-3-1)6-7-13-8-10-14-11-9-13/h4,13-14H,1-3,5-11H2. The molecule has 0 aromatic carbocycles. The zero-order valence-electron chi connectivity index (χ0n) is 9.23. The summed E-state index contributed by atoms with van der Waals surface area (Å²) in [6.07, 6.45) is 13.8. The van der Waals surface area contributed by atoms with Crippen LogP contribution >= 0.6 is 0 Å². The lowest BCUT2D eigenvalue weighted by Gasteiger charge is -2.23. The molecule has 2 aliphatic rings. The molecule has 1 saturated heterocycles. The molecule has 14 heavy (non-hydrogen) atoms. The highest BCUT2D eigenvalue weighted by Crippen LogP contribution is 2.25. The van der Waals surface area contributed by atoms with E-state index in [0.29, 0.717) is 0 Å². The van der Waals surface area contributed by atoms with Gasteiger partial charge in [0.2, 0.25) is 0 Å².